The van der Waals surface area contributed by atoms with Gasteiger partial charge in [0.15, 0.2) is 0 Å². The second kappa shape index (κ2) is 7.53. The maximum absolute atomic E-state index is 13.4. The van der Waals surface area contributed by atoms with Crippen LogP contribution in [0.3, 0.4) is 0 Å². The highest BCUT2D eigenvalue weighted by Crippen LogP contribution is 2.21. The third-order valence-corrected chi connectivity index (χ3v) is 4.85. The third-order valence-electron chi connectivity index (χ3n) is 4.85. The van der Waals surface area contributed by atoms with Crippen molar-refractivity contribution in [2.75, 3.05) is 4.90 Å². The first-order valence-corrected chi connectivity index (χ1v) is 9.17. The molecule has 0 aliphatic heterocycles. The number of rotatable bonds is 4. The van der Waals surface area contributed by atoms with Gasteiger partial charge < -0.3 is 9.88 Å². The van der Waals surface area contributed by atoms with Crippen molar-refractivity contribution < 1.29 is 4.79 Å². The monoisotopic (exact) mass is 368 g/mol. The number of nitrogens with one attached hydrogen (secondary N) is 1. The number of H-pyrrole nitrogens is 1. The number of aromatic nitrogens is 1. The Balaban J connectivity index is 1.79. The molecule has 0 saturated heterocycles. The Kier molecular flexibility index (Phi) is 4.77. The van der Waals surface area contributed by atoms with Crippen molar-refractivity contribution in [1.29, 1.82) is 0 Å². The number of carbonyl (C=O) groups is 1. The Bertz CT molecular complexity index is 1200. The van der Waals surface area contributed by atoms with Crippen LogP contribution in [0.5, 0.6) is 0 Å². The summed E-state index contributed by atoms with van der Waals surface area (Å²) in [5.41, 5.74) is 3.43. The van der Waals surface area contributed by atoms with Crippen LogP contribution in [0.4, 0.5) is 5.69 Å². The predicted molar refractivity (Wildman–Crippen MR) is 113 cm³/mol. The fourth-order valence-corrected chi connectivity index (χ4v) is 3.33. The van der Waals surface area contributed by atoms with Crippen LogP contribution >= 0.6 is 0 Å². The van der Waals surface area contributed by atoms with Crippen molar-refractivity contribution in [3.8, 4) is 0 Å². The number of hydrogen-bond donors (Lipinski definition) is 1. The van der Waals surface area contributed by atoms with E-state index in [2.05, 4.69) is 4.98 Å². The van der Waals surface area contributed by atoms with Gasteiger partial charge in [-0.1, -0.05) is 54.6 Å². The van der Waals surface area contributed by atoms with Gasteiger partial charge in [0, 0.05) is 22.3 Å². The highest BCUT2D eigenvalue weighted by Gasteiger charge is 2.20. The van der Waals surface area contributed by atoms with E-state index in [1.165, 1.54) is 0 Å². The van der Waals surface area contributed by atoms with Gasteiger partial charge in [-0.2, -0.15) is 0 Å². The van der Waals surface area contributed by atoms with Crippen LogP contribution in [0.15, 0.2) is 89.7 Å². The molecule has 28 heavy (non-hydrogen) atoms. The number of pyridine rings is 1. The number of hydrogen-bond acceptors (Lipinski definition) is 2. The zero-order valence-corrected chi connectivity index (χ0v) is 15.6. The Morgan fingerprint density at radius 2 is 1.57 bits per heavy atom. The summed E-state index contributed by atoms with van der Waals surface area (Å²) in [6.07, 6.45) is 0. The highest BCUT2D eigenvalue weighted by molar-refractivity contribution is 6.07. The molecule has 1 aromatic heterocycles. The minimum absolute atomic E-state index is 0.128. The van der Waals surface area contributed by atoms with Crippen LogP contribution in [0, 0.1) is 6.92 Å². The summed E-state index contributed by atoms with van der Waals surface area (Å²) < 4.78 is 0. The van der Waals surface area contributed by atoms with Gasteiger partial charge in [-0.15, -0.1) is 0 Å². The molecule has 4 nitrogen and oxygen atoms in total. The van der Waals surface area contributed by atoms with E-state index in [0.29, 0.717) is 11.1 Å². The summed E-state index contributed by atoms with van der Waals surface area (Å²) in [6.45, 7) is 2.11. The van der Waals surface area contributed by atoms with Crippen molar-refractivity contribution in [2.45, 2.75) is 13.5 Å². The maximum atomic E-state index is 13.4. The molecule has 4 aromatic rings. The minimum atomic E-state index is -0.183. The molecule has 4 heteroatoms. The molecule has 4 rings (SSSR count). The zero-order valence-electron chi connectivity index (χ0n) is 15.6. The van der Waals surface area contributed by atoms with Crippen molar-refractivity contribution in [1.82, 2.24) is 4.98 Å². The van der Waals surface area contributed by atoms with Gasteiger partial charge in [0.1, 0.15) is 0 Å². The number of anilines is 1. The van der Waals surface area contributed by atoms with Crippen LogP contribution in [-0.4, -0.2) is 10.9 Å². The molecular formula is C24H20N2O2. The molecule has 0 aliphatic rings. The number of amides is 1. The summed E-state index contributed by atoms with van der Waals surface area (Å²) in [6, 6.07) is 26.4. The summed E-state index contributed by atoms with van der Waals surface area (Å²) in [5, 5.41) is 0.938. The minimum Gasteiger partial charge on any atom is -0.322 e. The lowest BCUT2D eigenvalue weighted by molar-refractivity contribution is 0.0984. The number of benzene rings is 3. The molecule has 0 aliphatic carbocycles. The summed E-state index contributed by atoms with van der Waals surface area (Å²) in [7, 11) is 0. The summed E-state index contributed by atoms with van der Waals surface area (Å²) >= 11 is 0. The molecule has 0 unspecified atom stereocenters. The average molecular weight is 368 g/mol. The molecule has 0 bridgehead atoms. The van der Waals surface area contributed by atoms with E-state index in [0.717, 1.165) is 22.2 Å². The second-order valence-electron chi connectivity index (χ2n) is 6.75. The van der Waals surface area contributed by atoms with E-state index in [-0.39, 0.29) is 18.0 Å². The van der Waals surface area contributed by atoms with E-state index in [1.54, 1.807) is 4.90 Å². The molecule has 0 atom stereocenters. The van der Waals surface area contributed by atoms with Crippen molar-refractivity contribution in [3.63, 3.8) is 0 Å². The fourth-order valence-electron chi connectivity index (χ4n) is 3.33. The van der Waals surface area contributed by atoms with E-state index in [9.17, 15) is 9.59 Å². The third kappa shape index (κ3) is 3.45. The maximum Gasteiger partial charge on any atom is 0.258 e. The van der Waals surface area contributed by atoms with Crippen LogP contribution in [0.2, 0.25) is 0 Å². The van der Waals surface area contributed by atoms with Gasteiger partial charge >= 0.3 is 0 Å². The van der Waals surface area contributed by atoms with Gasteiger partial charge in [0.2, 0.25) is 0 Å². The number of carbonyl (C=O) groups excluding carboxylic acids is 1. The Hall–Kier alpha value is -3.66. The largest absolute Gasteiger partial charge is 0.322 e. The van der Waals surface area contributed by atoms with Crippen LogP contribution in [-0.2, 0) is 6.54 Å². The lowest BCUT2D eigenvalue weighted by Crippen LogP contribution is -2.33. The fraction of sp³-hybridized carbons (Fsp3) is 0.0833. The molecule has 3 aromatic carbocycles. The molecule has 138 valence electrons. The van der Waals surface area contributed by atoms with E-state index in [1.807, 2.05) is 91.9 Å². The van der Waals surface area contributed by atoms with Gasteiger partial charge in [-0.3, -0.25) is 9.59 Å². The molecule has 0 radical (unpaired) electrons. The molecule has 1 amide bonds. The smallest absolute Gasteiger partial charge is 0.258 e. The van der Waals surface area contributed by atoms with Crippen molar-refractivity contribution in [3.05, 3.63) is 112 Å². The highest BCUT2D eigenvalue weighted by atomic mass is 16.2. The van der Waals surface area contributed by atoms with Crippen molar-refractivity contribution in [2.24, 2.45) is 0 Å². The Labute approximate surface area is 163 Å². The number of nitrogens with zero attached hydrogens (tertiary/aromatic N) is 1. The Morgan fingerprint density at radius 1 is 0.893 bits per heavy atom. The van der Waals surface area contributed by atoms with Gasteiger partial charge in [-0.05, 0) is 48.2 Å². The van der Waals surface area contributed by atoms with Crippen LogP contribution in [0.25, 0.3) is 10.9 Å². The first-order chi connectivity index (χ1) is 13.6. The average Bonchev–Trinajstić information content (AvgIpc) is 2.72. The van der Waals surface area contributed by atoms with E-state index >= 15 is 0 Å². The first kappa shape index (κ1) is 17.7. The number of aromatic amines is 1. The van der Waals surface area contributed by atoms with E-state index < -0.39 is 0 Å². The first-order valence-electron chi connectivity index (χ1n) is 9.17. The number of aryl methyl sites for hydroxylation is 1. The molecule has 1 heterocycles. The van der Waals surface area contributed by atoms with Crippen molar-refractivity contribution >= 4 is 22.5 Å². The molecular weight excluding hydrogens is 348 g/mol. The lowest BCUT2D eigenvalue weighted by atomic mass is 10.1. The topological polar surface area (TPSA) is 53.2 Å². The normalized spacial score (nSPS) is 10.8. The summed E-state index contributed by atoms with van der Waals surface area (Å²) in [5.74, 6) is -0.128. The standard InChI is InChI=1S/C24H20N2O2/c1-17-9-5-7-13-21(17)24(28)26(20-11-3-2-4-12-20)16-19-15-18-10-6-8-14-22(18)25-23(19)27/h2-15H,16H2,1H3,(H,25,27). The second-order valence-corrected chi connectivity index (χ2v) is 6.75. The van der Waals surface area contributed by atoms with Crippen LogP contribution < -0.4 is 10.5 Å². The Morgan fingerprint density at radius 3 is 2.36 bits per heavy atom. The molecule has 0 saturated carbocycles. The van der Waals surface area contributed by atoms with Gasteiger partial charge in [0.25, 0.3) is 11.5 Å². The van der Waals surface area contributed by atoms with Gasteiger partial charge in [0.05, 0.1) is 6.54 Å². The number of para-hydroxylation sites is 2. The van der Waals surface area contributed by atoms with Crippen LogP contribution in [0.1, 0.15) is 21.5 Å². The SMILES string of the molecule is Cc1ccccc1C(=O)N(Cc1cc2ccccc2[nH]c1=O)c1ccccc1. The zero-order chi connectivity index (χ0) is 19.5. The molecule has 0 spiro atoms. The number of fused-ring (bicyclic) bond motifs is 1. The summed E-state index contributed by atoms with van der Waals surface area (Å²) in [4.78, 5) is 30.6. The van der Waals surface area contributed by atoms with E-state index in [4.69, 9.17) is 0 Å². The molecule has 1 N–H and O–H groups in total. The predicted octanol–water partition coefficient (Wildman–Crippen LogP) is 4.68. The lowest BCUT2D eigenvalue weighted by Gasteiger charge is -2.23. The molecule has 0 fully saturated rings. The quantitative estimate of drug-likeness (QED) is 0.568. The van der Waals surface area contributed by atoms with Gasteiger partial charge in [-0.25, -0.2) is 0 Å².